The first kappa shape index (κ1) is 15.9. The van der Waals surface area contributed by atoms with Crippen LogP contribution in [0.15, 0.2) is 91.0 Å². The Kier molecular flexibility index (Phi) is 5.25. The van der Waals surface area contributed by atoms with E-state index in [1.807, 2.05) is 0 Å². The Morgan fingerprint density at radius 3 is 0.952 bits per heavy atom. The molecule has 0 bridgehead atoms. The third-order valence-electron chi connectivity index (χ3n) is 3.51. The second-order valence-electron chi connectivity index (χ2n) is 4.74. The molecule has 3 aromatic carbocycles. The van der Waals surface area contributed by atoms with Crippen LogP contribution in [0.3, 0.4) is 0 Å². The van der Waals surface area contributed by atoms with Gasteiger partial charge in [0.1, 0.15) is 0 Å². The van der Waals surface area contributed by atoms with Crippen molar-refractivity contribution in [2.75, 3.05) is 0 Å². The summed E-state index contributed by atoms with van der Waals surface area (Å²) < 4.78 is 4.37. The van der Waals surface area contributed by atoms with Gasteiger partial charge in [-0.25, -0.2) is 0 Å². The van der Waals surface area contributed by atoms with E-state index in [-0.39, 0.29) is 12.4 Å². The monoisotopic (exact) mass is 337 g/mol. The van der Waals surface area contributed by atoms with Gasteiger partial charge in [0, 0.05) is 0 Å². The molecule has 0 aliphatic carbocycles. The molecule has 0 atom stereocenters. The molecule has 3 rings (SSSR count). The Labute approximate surface area is 135 Å². The second-order valence-corrected chi connectivity index (χ2v) is 9.44. The van der Waals surface area contributed by atoms with Crippen molar-refractivity contribution in [3.63, 3.8) is 0 Å². The molecule has 0 nitrogen and oxygen atoms in total. The van der Waals surface area contributed by atoms with Crippen LogP contribution in [-0.4, -0.2) is 0 Å². The average molecular weight is 338 g/mol. The maximum absolute atomic E-state index is 2.44. The van der Waals surface area contributed by atoms with Gasteiger partial charge in [-0.15, -0.1) is 12.4 Å². The van der Waals surface area contributed by atoms with Crippen LogP contribution >= 0.6 is 12.4 Å². The minimum atomic E-state index is -1.90. The average Bonchev–Trinajstić information content (AvgIpc) is 2.56. The topological polar surface area (TPSA) is 0 Å². The minimum absolute atomic E-state index is 0. The van der Waals surface area contributed by atoms with Crippen LogP contribution < -0.4 is 13.4 Å². The van der Waals surface area contributed by atoms with E-state index in [0.29, 0.717) is 0 Å². The molecule has 0 amide bonds. The fourth-order valence-corrected chi connectivity index (χ4v) is 6.60. The van der Waals surface area contributed by atoms with Crippen molar-refractivity contribution in [3.05, 3.63) is 91.0 Å². The Morgan fingerprint density at radius 2 is 0.714 bits per heavy atom. The molecule has 0 aliphatic rings. The van der Waals surface area contributed by atoms with Crippen LogP contribution in [-0.2, 0) is 12.8 Å². The number of rotatable bonds is 3. The van der Waals surface area contributed by atoms with Crippen molar-refractivity contribution in [1.82, 2.24) is 0 Å². The predicted molar refractivity (Wildman–Crippen MR) is 91.3 cm³/mol. The molecular weight excluding hydrogens is 319 g/mol. The molecule has 0 unspecified atom stereocenters. The third-order valence-corrected chi connectivity index (χ3v) is 8.78. The number of hydrogen-bond donors (Lipinski definition) is 0. The summed E-state index contributed by atoms with van der Waals surface area (Å²) in [5.74, 6) is 2.44. The third kappa shape index (κ3) is 3.06. The van der Waals surface area contributed by atoms with E-state index >= 15 is 0 Å². The molecular formula is C19H19ClMn. The van der Waals surface area contributed by atoms with Gasteiger partial charge in [-0.2, -0.15) is 0 Å². The predicted octanol–water partition coefficient (Wildman–Crippen LogP) is 3.59. The van der Waals surface area contributed by atoms with Crippen LogP contribution in [0.2, 0.25) is 5.82 Å². The molecule has 0 aromatic heterocycles. The van der Waals surface area contributed by atoms with Gasteiger partial charge < -0.3 is 0 Å². The van der Waals surface area contributed by atoms with E-state index < -0.39 is 12.8 Å². The summed E-state index contributed by atoms with van der Waals surface area (Å²) in [6.45, 7) is 0. The van der Waals surface area contributed by atoms with Crippen LogP contribution in [0.4, 0.5) is 0 Å². The summed E-state index contributed by atoms with van der Waals surface area (Å²) in [5, 5.41) is 0. The van der Waals surface area contributed by atoms with E-state index in [2.05, 4.69) is 96.8 Å². The fraction of sp³-hybridized carbons (Fsp3) is 0.0526. The Balaban J connectivity index is 0.00000161. The van der Waals surface area contributed by atoms with Gasteiger partial charge in [-0.1, -0.05) is 0 Å². The Hall–Kier alpha value is -1.53. The normalized spacial score (nSPS) is 11.5. The molecule has 3 aromatic rings. The zero-order valence-corrected chi connectivity index (χ0v) is 13.9. The summed E-state index contributed by atoms with van der Waals surface area (Å²) >= 11 is -1.90. The number of benzene rings is 3. The zero-order chi connectivity index (χ0) is 13.8. The molecule has 0 N–H and O–H groups in total. The molecule has 0 aliphatic heterocycles. The molecule has 2 heteroatoms. The molecule has 109 valence electrons. The van der Waals surface area contributed by atoms with E-state index in [4.69, 9.17) is 0 Å². The van der Waals surface area contributed by atoms with Crippen LogP contribution in [0.1, 0.15) is 0 Å². The van der Waals surface area contributed by atoms with E-state index in [1.165, 1.54) is 13.4 Å². The molecule has 0 radical (unpaired) electrons. The first-order valence-corrected chi connectivity index (χ1v) is 9.63. The first-order chi connectivity index (χ1) is 9.82. The van der Waals surface area contributed by atoms with E-state index in [9.17, 15) is 0 Å². The van der Waals surface area contributed by atoms with Crippen LogP contribution in [0.5, 0.6) is 0 Å². The van der Waals surface area contributed by atoms with Gasteiger partial charge in [-0.05, 0) is 0 Å². The Morgan fingerprint density at radius 1 is 0.476 bits per heavy atom. The standard InChI is InChI=1S/3C6H5.CH3.ClH.Mn/c3*1-2-4-6-5-3-1;;;/h3*1-5H;1H3;1H;. The van der Waals surface area contributed by atoms with Crippen molar-refractivity contribution < 1.29 is 12.8 Å². The maximum atomic E-state index is 2.44. The van der Waals surface area contributed by atoms with Gasteiger partial charge >= 0.3 is 123 Å². The summed E-state index contributed by atoms with van der Waals surface area (Å²) in [6.07, 6.45) is 0. The Bertz CT molecular complexity index is 569. The van der Waals surface area contributed by atoms with Crippen LogP contribution in [0, 0.1) is 0 Å². The summed E-state index contributed by atoms with van der Waals surface area (Å²) in [4.78, 5) is 0. The quantitative estimate of drug-likeness (QED) is 0.641. The SMILES string of the molecule is Cl.[CH3][Mn]([c]1ccccc1)([c]1ccccc1)[c]1ccccc1. The van der Waals surface area contributed by atoms with Crippen molar-refractivity contribution in [1.29, 1.82) is 0 Å². The van der Waals surface area contributed by atoms with Crippen molar-refractivity contribution in [2.45, 2.75) is 5.82 Å². The van der Waals surface area contributed by atoms with E-state index in [1.54, 1.807) is 0 Å². The number of halogens is 1. The van der Waals surface area contributed by atoms with Gasteiger partial charge in [0.2, 0.25) is 0 Å². The molecule has 0 saturated carbocycles. The fourth-order valence-electron chi connectivity index (χ4n) is 2.38. The summed E-state index contributed by atoms with van der Waals surface area (Å²) in [6, 6.07) is 32.8. The van der Waals surface area contributed by atoms with E-state index in [0.717, 1.165) is 0 Å². The van der Waals surface area contributed by atoms with Gasteiger partial charge in [0.15, 0.2) is 0 Å². The van der Waals surface area contributed by atoms with Gasteiger partial charge in [0.25, 0.3) is 0 Å². The number of hydrogen-bond acceptors (Lipinski definition) is 0. The molecule has 0 fully saturated rings. The van der Waals surface area contributed by atoms with Crippen molar-refractivity contribution in [3.8, 4) is 0 Å². The molecule has 0 heterocycles. The van der Waals surface area contributed by atoms with Crippen LogP contribution in [0.25, 0.3) is 0 Å². The summed E-state index contributed by atoms with van der Waals surface area (Å²) in [7, 11) is 0. The summed E-state index contributed by atoms with van der Waals surface area (Å²) in [5.41, 5.74) is 0. The van der Waals surface area contributed by atoms with Gasteiger partial charge in [0.05, 0.1) is 0 Å². The first-order valence-electron chi connectivity index (χ1n) is 6.68. The molecule has 0 saturated heterocycles. The van der Waals surface area contributed by atoms with Gasteiger partial charge in [-0.3, -0.25) is 0 Å². The zero-order valence-electron chi connectivity index (χ0n) is 11.9. The second kappa shape index (κ2) is 6.95. The molecule has 0 spiro atoms. The molecule has 21 heavy (non-hydrogen) atoms. The van der Waals surface area contributed by atoms with Crippen molar-refractivity contribution in [2.24, 2.45) is 0 Å². The van der Waals surface area contributed by atoms with Crippen molar-refractivity contribution >= 4 is 25.8 Å².